The minimum atomic E-state index is -0.194. The highest BCUT2D eigenvalue weighted by atomic mass is 16.2. The SMILES string of the molecule is CCCN(CCC)C(=O)C(c1ccncc1)N1CCNC(C)C1. The van der Waals surface area contributed by atoms with Crippen LogP contribution in [0.5, 0.6) is 0 Å². The van der Waals surface area contributed by atoms with Gasteiger partial charge in [-0.1, -0.05) is 13.8 Å². The number of hydrogen-bond acceptors (Lipinski definition) is 4. The average Bonchev–Trinajstić information content (AvgIpc) is 2.56. The van der Waals surface area contributed by atoms with Crippen molar-refractivity contribution in [3.63, 3.8) is 0 Å². The van der Waals surface area contributed by atoms with Crippen LogP contribution in [0.4, 0.5) is 0 Å². The maximum atomic E-state index is 13.3. The van der Waals surface area contributed by atoms with E-state index in [-0.39, 0.29) is 11.9 Å². The third-order valence-corrected chi connectivity index (χ3v) is 4.32. The van der Waals surface area contributed by atoms with Crippen LogP contribution in [0.1, 0.15) is 45.2 Å². The molecule has 0 aromatic carbocycles. The van der Waals surface area contributed by atoms with Crippen LogP contribution in [0, 0.1) is 0 Å². The Balaban J connectivity index is 2.26. The van der Waals surface area contributed by atoms with Crippen LogP contribution < -0.4 is 5.32 Å². The van der Waals surface area contributed by atoms with Crippen molar-refractivity contribution in [2.75, 3.05) is 32.7 Å². The van der Waals surface area contributed by atoms with Crippen LogP contribution in [0.15, 0.2) is 24.5 Å². The van der Waals surface area contributed by atoms with Gasteiger partial charge in [0, 0.05) is 51.2 Å². The lowest BCUT2D eigenvalue weighted by molar-refractivity contribution is -0.138. The largest absolute Gasteiger partial charge is 0.341 e. The van der Waals surface area contributed by atoms with E-state index in [1.165, 1.54) is 0 Å². The quantitative estimate of drug-likeness (QED) is 0.836. The summed E-state index contributed by atoms with van der Waals surface area (Å²) in [6.07, 6.45) is 5.55. The van der Waals surface area contributed by atoms with Crippen molar-refractivity contribution in [3.8, 4) is 0 Å². The highest BCUT2D eigenvalue weighted by Gasteiger charge is 2.32. The molecule has 1 aliphatic heterocycles. The molecule has 2 unspecified atom stereocenters. The van der Waals surface area contributed by atoms with E-state index >= 15 is 0 Å². The normalized spacial score (nSPS) is 20.2. The fourth-order valence-corrected chi connectivity index (χ4v) is 3.30. The van der Waals surface area contributed by atoms with E-state index in [9.17, 15) is 4.79 Å². The van der Waals surface area contributed by atoms with Gasteiger partial charge in [0.05, 0.1) is 0 Å². The van der Waals surface area contributed by atoms with Crippen LogP contribution in [-0.2, 0) is 4.79 Å². The van der Waals surface area contributed by atoms with Crippen LogP contribution in [0.2, 0.25) is 0 Å². The zero-order valence-electron chi connectivity index (χ0n) is 14.7. The molecule has 1 fully saturated rings. The summed E-state index contributed by atoms with van der Waals surface area (Å²) in [6, 6.07) is 4.17. The van der Waals surface area contributed by atoms with Crippen molar-refractivity contribution >= 4 is 5.91 Å². The third-order valence-electron chi connectivity index (χ3n) is 4.32. The smallest absolute Gasteiger partial charge is 0.244 e. The minimum Gasteiger partial charge on any atom is -0.341 e. The number of amides is 1. The molecule has 0 spiro atoms. The molecule has 2 atom stereocenters. The molecule has 1 aromatic heterocycles. The number of nitrogens with one attached hydrogen (secondary N) is 1. The molecule has 0 radical (unpaired) electrons. The van der Waals surface area contributed by atoms with Crippen molar-refractivity contribution in [3.05, 3.63) is 30.1 Å². The Labute approximate surface area is 140 Å². The topological polar surface area (TPSA) is 48.5 Å². The molecule has 128 valence electrons. The number of carbonyl (C=O) groups is 1. The summed E-state index contributed by atoms with van der Waals surface area (Å²) in [5.74, 6) is 0.231. The van der Waals surface area contributed by atoms with Crippen molar-refractivity contribution in [2.45, 2.75) is 45.7 Å². The van der Waals surface area contributed by atoms with Gasteiger partial charge in [-0.3, -0.25) is 14.7 Å². The number of hydrogen-bond donors (Lipinski definition) is 1. The zero-order chi connectivity index (χ0) is 16.7. The molecule has 23 heavy (non-hydrogen) atoms. The van der Waals surface area contributed by atoms with Crippen molar-refractivity contribution < 1.29 is 4.79 Å². The van der Waals surface area contributed by atoms with Gasteiger partial charge in [0.1, 0.15) is 6.04 Å². The molecule has 5 heteroatoms. The lowest BCUT2D eigenvalue weighted by atomic mass is 10.0. The molecule has 1 N–H and O–H groups in total. The first-order valence-electron chi connectivity index (χ1n) is 8.83. The molecule has 1 amide bonds. The van der Waals surface area contributed by atoms with Crippen molar-refractivity contribution in [1.82, 2.24) is 20.1 Å². The average molecular weight is 318 g/mol. The van der Waals surface area contributed by atoms with Gasteiger partial charge in [-0.15, -0.1) is 0 Å². The summed E-state index contributed by atoms with van der Waals surface area (Å²) in [6.45, 7) is 10.8. The fraction of sp³-hybridized carbons (Fsp3) is 0.667. The molecule has 1 aromatic rings. The molecule has 5 nitrogen and oxygen atoms in total. The number of pyridine rings is 1. The maximum absolute atomic E-state index is 13.3. The predicted octanol–water partition coefficient (Wildman–Crippen LogP) is 2.06. The minimum absolute atomic E-state index is 0.194. The lowest BCUT2D eigenvalue weighted by Crippen LogP contribution is -2.53. The van der Waals surface area contributed by atoms with Gasteiger partial charge in [-0.25, -0.2) is 0 Å². The molecule has 2 rings (SSSR count). The number of carbonyl (C=O) groups excluding carboxylic acids is 1. The Hall–Kier alpha value is -1.46. The second-order valence-electron chi connectivity index (χ2n) is 6.36. The van der Waals surface area contributed by atoms with Crippen LogP contribution in [-0.4, -0.2) is 59.5 Å². The van der Waals surface area contributed by atoms with Gasteiger partial charge < -0.3 is 10.2 Å². The standard InChI is InChI=1S/C18H30N4O/c1-4-11-21(12-5-2)18(23)17(16-6-8-19-9-7-16)22-13-10-20-15(3)14-22/h6-9,15,17,20H,4-5,10-14H2,1-3H3. The number of aromatic nitrogens is 1. The second-order valence-corrected chi connectivity index (χ2v) is 6.36. The monoisotopic (exact) mass is 318 g/mol. The Morgan fingerprint density at radius 2 is 2.00 bits per heavy atom. The van der Waals surface area contributed by atoms with Gasteiger partial charge in [-0.05, 0) is 37.5 Å². The molecule has 1 saturated heterocycles. The van der Waals surface area contributed by atoms with Gasteiger partial charge in [0.15, 0.2) is 0 Å². The molecule has 0 saturated carbocycles. The summed E-state index contributed by atoms with van der Waals surface area (Å²) in [5, 5.41) is 3.46. The van der Waals surface area contributed by atoms with Gasteiger partial charge in [0.25, 0.3) is 0 Å². The maximum Gasteiger partial charge on any atom is 0.244 e. The Morgan fingerprint density at radius 1 is 1.35 bits per heavy atom. The van der Waals surface area contributed by atoms with Crippen molar-refractivity contribution in [2.24, 2.45) is 0 Å². The number of nitrogens with zero attached hydrogens (tertiary/aromatic N) is 3. The van der Waals surface area contributed by atoms with Crippen LogP contribution in [0.25, 0.3) is 0 Å². The molecular weight excluding hydrogens is 288 g/mol. The third kappa shape index (κ3) is 4.75. The highest BCUT2D eigenvalue weighted by molar-refractivity contribution is 5.83. The van der Waals surface area contributed by atoms with Gasteiger partial charge in [0.2, 0.25) is 5.91 Å². The number of piperazine rings is 1. The van der Waals surface area contributed by atoms with Crippen LogP contribution >= 0.6 is 0 Å². The van der Waals surface area contributed by atoms with E-state index in [0.29, 0.717) is 6.04 Å². The Morgan fingerprint density at radius 3 is 2.57 bits per heavy atom. The summed E-state index contributed by atoms with van der Waals surface area (Å²) < 4.78 is 0. The summed E-state index contributed by atoms with van der Waals surface area (Å²) >= 11 is 0. The molecule has 1 aliphatic rings. The van der Waals surface area contributed by atoms with Gasteiger partial charge >= 0.3 is 0 Å². The van der Waals surface area contributed by atoms with E-state index in [1.807, 2.05) is 17.0 Å². The first kappa shape index (κ1) is 17.9. The Bertz CT molecular complexity index is 473. The van der Waals surface area contributed by atoms with E-state index < -0.39 is 0 Å². The first-order chi connectivity index (χ1) is 11.2. The van der Waals surface area contributed by atoms with E-state index in [2.05, 4.69) is 36.0 Å². The summed E-state index contributed by atoms with van der Waals surface area (Å²) in [5.41, 5.74) is 1.05. The van der Waals surface area contributed by atoms with E-state index in [4.69, 9.17) is 0 Å². The van der Waals surface area contributed by atoms with Crippen LogP contribution in [0.3, 0.4) is 0 Å². The molecule has 2 heterocycles. The van der Waals surface area contributed by atoms with E-state index in [0.717, 1.165) is 51.1 Å². The van der Waals surface area contributed by atoms with Crippen molar-refractivity contribution in [1.29, 1.82) is 0 Å². The predicted molar refractivity (Wildman–Crippen MR) is 93.2 cm³/mol. The molecule has 0 bridgehead atoms. The van der Waals surface area contributed by atoms with Gasteiger partial charge in [-0.2, -0.15) is 0 Å². The van der Waals surface area contributed by atoms with E-state index in [1.54, 1.807) is 12.4 Å². The zero-order valence-corrected chi connectivity index (χ0v) is 14.7. The lowest BCUT2D eigenvalue weighted by Gasteiger charge is -2.39. The summed E-state index contributed by atoms with van der Waals surface area (Å²) in [7, 11) is 0. The fourth-order valence-electron chi connectivity index (χ4n) is 3.30. The summed E-state index contributed by atoms with van der Waals surface area (Å²) in [4.78, 5) is 21.7. The molecule has 0 aliphatic carbocycles. The number of rotatable bonds is 7. The molecular formula is C18H30N4O. The Kier molecular flexibility index (Phi) is 6.99. The second kappa shape index (κ2) is 8.99. The highest BCUT2D eigenvalue weighted by Crippen LogP contribution is 2.24. The first-order valence-corrected chi connectivity index (χ1v) is 8.83.